The standard InChI is InChI=1S/C18H17NO2S/c1-14-6-9-17(10-7-14)19-13-22(20,21)18-11-8-15-4-2-3-5-16(15)12-18/h2-12,19H,13H2,1H3. The van der Waals surface area contributed by atoms with Gasteiger partial charge in [0.2, 0.25) is 0 Å². The number of aryl methyl sites for hydroxylation is 1. The van der Waals surface area contributed by atoms with Crippen LogP contribution >= 0.6 is 0 Å². The minimum atomic E-state index is -3.37. The van der Waals surface area contributed by atoms with Crippen molar-refractivity contribution in [2.75, 3.05) is 11.2 Å². The van der Waals surface area contributed by atoms with Crippen molar-refractivity contribution in [1.29, 1.82) is 0 Å². The van der Waals surface area contributed by atoms with Crippen molar-refractivity contribution in [2.24, 2.45) is 0 Å². The van der Waals surface area contributed by atoms with Crippen LogP contribution in [0.3, 0.4) is 0 Å². The largest absolute Gasteiger partial charge is 0.371 e. The SMILES string of the molecule is Cc1ccc(NCS(=O)(=O)c2ccc3ccccc3c2)cc1. The molecule has 0 aromatic heterocycles. The van der Waals surface area contributed by atoms with Crippen molar-refractivity contribution >= 4 is 26.3 Å². The molecule has 0 unspecified atom stereocenters. The van der Waals surface area contributed by atoms with E-state index in [9.17, 15) is 8.42 Å². The average molecular weight is 311 g/mol. The lowest BCUT2D eigenvalue weighted by molar-refractivity contribution is 0.598. The van der Waals surface area contributed by atoms with Crippen molar-refractivity contribution in [2.45, 2.75) is 11.8 Å². The Morgan fingerprint density at radius 1 is 0.864 bits per heavy atom. The summed E-state index contributed by atoms with van der Waals surface area (Å²) in [5.41, 5.74) is 1.94. The molecule has 0 saturated heterocycles. The van der Waals surface area contributed by atoms with Gasteiger partial charge in [0.1, 0.15) is 5.88 Å². The van der Waals surface area contributed by atoms with Crippen LogP contribution in [0.15, 0.2) is 71.6 Å². The van der Waals surface area contributed by atoms with E-state index in [1.807, 2.05) is 61.5 Å². The van der Waals surface area contributed by atoms with E-state index in [2.05, 4.69) is 5.32 Å². The average Bonchev–Trinajstić information content (AvgIpc) is 2.54. The number of fused-ring (bicyclic) bond motifs is 1. The van der Waals surface area contributed by atoms with Crippen LogP contribution in [0.1, 0.15) is 5.56 Å². The highest BCUT2D eigenvalue weighted by Gasteiger charge is 2.14. The van der Waals surface area contributed by atoms with E-state index in [4.69, 9.17) is 0 Å². The summed E-state index contributed by atoms with van der Waals surface area (Å²) in [6.45, 7) is 2.00. The molecular weight excluding hydrogens is 294 g/mol. The van der Waals surface area contributed by atoms with Crippen LogP contribution in [-0.2, 0) is 9.84 Å². The van der Waals surface area contributed by atoms with E-state index < -0.39 is 9.84 Å². The molecule has 112 valence electrons. The first-order valence-electron chi connectivity index (χ1n) is 7.07. The number of anilines is 1. The molecule has 0 aliphatic rings. The third-order valence-electron chi connectivity index (χ3n) is 3.60. The van der Waals surface area contributed by atoms with E-state index in [0.717, 1.165) is 22.0 Å². The number of benzene rings is 3. The maximum atomic E-state index is 12.5. The molecule has 0 amide bonds. The molecule has 0 atom stereocenters. The van der Waals surface area contributed by atoms with Crippen molar-refractivity contribution in [1.82, 2.24) is 0 Å². The highest BCUT2D eigenvalue weighted by molar-refractivity contribution is 7.91. The van der Waals surface area contributed by atoms with Crippen molar-refractivity contribution in [3.63, 3.8) is 0 Å². The first-order valence-corrected chi connectivity index (χ1v) is 8.72. The van der Waals surface area contributed by atoms with Gasteiger partial charge in [0, 0.05) is 5.69 Å². The van der Waals surface area contributed by atoms with Gasteiger partial charge in [-0.2, -0.15) is 0 Å². The van der Waals surface area contributed by atoms with Crippen molar-refractivity contribution in [3.8, 4) is 0 Å². The molecule has 4 heteroatoms. The minimum Gasteiger partial charge on any atom is -0.371 e. The Bertz CT molecular complexity index is 900. The maximum absolute atomic E-state index is 12.5. The summed E-state index contributed by atoms with van der Waals surface area (Å²) in [7, 11) is -3.37. The first-order chi connectivity index (χ1) is 10.5. The fourth-order valence-electron chi connectivity index (χ4n) is 2.29. The van der Waals surface area contributed by atoms with Gasteiger partial charge in [-0.15, -0.1) is 0 Å². The predicted octanol–water partition coefficient (Wildman–Crippen LogP) is 3.99. The summed E-state index contributed by atoms with van der Waals surface area (Å²) in [6, 6.07) is 20.6. The quantitative estimate of drug-likeness (QED) is 0.792. The summed E-state index contributed by atoms with van der Waals surface area (Å²) in [5, 5.41) is 4.94. The molecule has 3 nitrogen and oxygen atoms in total. The Hall–Kier alpha value is -2.33. The normalized spacial score (nSPS) is 11.5. The van der Waals surface area contributed by atoms with E-state index in [0.29, 0.717) is 4.90 Å². The monoisotopic (exact) mass is 311 g/mol. The number of rotatable bonds is 4. The molecule has 0 fully saturated rings. The third-order valence-corrected chi connectivity index (χ3v) is 5.09. The second-order valence-corrected chi connectivity index (χ2v) is 7.30. The van der Waals surface area contributed by atoms with Gasteiger partial charge >= 0.3 is 0 Å². The zero-order valence-corrected chi connectivity index (χ0v) is 13.1. The molecule has 0 spiro atoms. The number of sulfone groups is 1. The Morgan fingerprint density at radius 3 is 2.27 bits per heavy atom. The van der Waals surface area contributed by atoms with Gasteiger partial charge in [0.15, 0.2) is 9.84 Å². The summed E-state index contributed by atoms with van der Waals surface area (Å²) in [5.74, 6) is -0.117. The van der Waals surface area contributed by atoms with Gasteiger partial charge in [0.05, 0.1) is 4.90 Å². The van der Waals surface area contributed by atoms with Crippen LogP contribution in [0.2, 0.25) is 0 Å². The second kappa shape index (κ2) is 5.81. The summed E-state index contributed by atoms with van der Waals surface area (Å²) in [4.78, 5) is 0.339. The van der Waals surface area contributed by atoms with Crippen molar-refractivity contribution in [3.05, 3.63) is 72.3 Å². The van der Waals surface area contributed by atoms with E-state index in [1.54, 1.807) is 12.1 Å². The summed E-state index contributed by atoms with van der Waals surface area (Å²) >= 11 is 0. The van der Waals surface area contributed by atoms with Gasteiger partial charge < -0.3 is 5.32 Å². The zero-order valence-electron chi connectivity index (χ0n) is 12.3. The number of hydrogen-bond donors (Lipinski definition) is 1. The highest BCUT2D eigenvalue weighted by atomic mass is 32.2. The molecule has 0 bridgehead atoms. The summed E-state index contributed by atoms with van der Waals surface area (Å²) in [6.07, 6.45) is 0. The van der Waals surface area contributed by atoms with E-state index >= 15 is 0 Å². The second-order valence-electron chi connectivity index (χ2n) is 5.31. The summed E-state index contributed by atoms with van der Waals surface area (Å²) < 4.78 is 24.9. The Balaban J connectivity index is 1.83. The molecule has 1 N–H and O–H groups in total. The van der Waals surface area contributed by atoms with Gasteiger partial charge in [-0.25, -0.2) is 8.42 Å². The molecule has 0 saturated carbocycles. The van der Waals surface area contributed by atoms with Gasteiger partial charge in [-0.05, 0) is 42.0 Å². The van der Waals surface area contributed by atoms with Crippen LogP contribution in [0, 0.1) is 6.92 Å². The number of hydrogen-bond acceptors (Lipinski definition) is 3. The van der Waals surface area contributed by atoms with Crippen molar-refractivity contribution < 1.29 is 8.42 Å². The lowest BCUT2D eigenvalue weighted by Crippen LogP contribution is -2.14. The Labute approximate surface area is 130 Å². The lowest BCUT2D eigenvalue weighted by Gasteiger charge is -2.09. The van der Waals surface area contributed by atoms with Gasteiger partial charge in [0.25, 0.3) is 0 Å². The Kier molecular flexibility index (Phi) is 3.86. The number of nitrogens with one attached hydrogen (secondary N) is 1. The highest BCUT2D eigenvalue weighted by Crippen LogP contribution is 2.20. The molecule has 3 rings (SSSR count). The molecule has 3 aromatic rings. The first kappa shape index (κ1) is 14.6. The maximum Gasteiger partial charge on any atom is 0.196 e. The molecule has 0 heterocycles. The van der Waals surface area contributed by atoms with E-state index in [1.165, 1.54) is 0 Å². The molecular formula is C18H17NO2S. The smallest absolute Gasteiger partial charge is 0.196 e. The molecule has 0 radical (unpaired) electrons. The Morgan fingerprint density at radius 2 is 1.55 bits per heavy atom. The topological polar surface area (TPSA) is 46.2 Å². The van der Waals surface area contributed by atoms with Crippen LogP contribution in [-0.4, -0.2) is 14.3 Å². The molecule has 22 heavy (non-hydrogen) atoms. The third kappa shape index (κ3) is 3.12. The van der Waals surface area contributed by atoms with Gasteiger partial charge in [-0.1, -0.05) is 48.0 Å². The van der Waals surface area contributed by atoms with Crippen LogP contribution in [0.5, 0.6) is 0 Å². The van der Waals surface area contributed by atoms with E-state index in [-0.39, 0.29) is 5.88 Å². The molecule has 0 aliphatic heterocycles. The molecule has 0 aliphatic carbocycles. The lowest BCUT2D eigenvalue weighted by atomic mass is 10.1. The minimum absolute atomic E-state index is 0.117. The molecule has 3 aromatic carbocycles. The fraction of sp³-hybridized carbons (Fsp3) is 0.111. The van der Waals surface area contributed by atoms with Crippen LogP contribution in [0.25, 0.3) is 10.8 Å². The fourth-order valence-corrected chi connectivity index (χ4v) is 3.40. The van der Waals surface area contributed by atoms with Crippen LogP contribution < -0.4 is 5.32 Å². The zero-order chi connectivity index (χ0) is 15.6. The van der Waals surface area contributed by atoms with Crippen LogP contribution in [0.4, 0.5) is 5.69 Å². The van der Waals surface area contributed by atoms with Gasteiger partial charge in [-0.3, -0.25) is 0 Å². The predicted molar refractivity (Wildman–Crippen MR) is 90.8 cm³/mol.